The van der Waals surface area contributed by atoms with Gasteiger partial charge in [0.25, 0.3) is 6.29 Å². The van der Waals surface area contributed by atoms with E-state index < -0.39 is 17.9 Å². The standard InChI is InChI=1S/C26H24Cl2N6O4/c1-26(2,3)34-25(36)33-23-15(21-16(27)5-4-6-17(21)28)9-13-11-29-24(32-22(13)31-23)30-14-7-8-18-19(10-14)38-20(12-35)37-18/h4-11,20,35H,12H2,1-3H3,(H3,29,30,31,32,33,34,36). The minimum Gasteiger partial charge on any atom is -0.448 e. The molecule has 38 heavy (non-hydrogen) atoms. The molecule has 12 heteroatoms. The zero-order valence-electron chi connectivity index (χ0n) is 20.7. The molecule has 0 saturated carbocycles. The number of urea groups is 1. The maximum atomic E-state index is 12.8. The number of pyridine rings is 1. The number of nitrogens with one attached hydrogen (secondary N) is 3. The Kier molecular flexibility index (Phi) is 6.87. The molecule has 1 unspecified atom stereocenters. The van der Waals surface area contributed by atoms with Crippen LogP contribution in [0.5, 0.6) is 11.5 Å². The fourth-order valence-electron chi connectivity index (χ4n) is 3.83. The number of aromatic nitrogens is 3. The first-order chi connectivity index (χ1) is 18.1. The molecular weight excluding hydrogens is 531 g/mol. The van der Waals surface area contributed by atoms with Crippen molar-refractivity contribution in [2.75, 3.05) is 17.2 Å². The number of fused-ring (bicyclic) bond motifs is 2. The van der Waals surface area contributed by atoms with Crippen molar-refractivity contribution in [2.45, 2.75) is 32.6 Å². The minimum atomic E-state index is -0.733. The normalized spacial score (nSPS) is 14.4. The highest BCUT2D eigenvalue weighted by Gasteiger charge is 2.24. The molecule has 1 aliphatic heterocycles. The SMILES string of the molecule is CC(C)(C)NC(=O)Nc1nc2nc(Nc3ccc4c(c3)OC(CO)O4)ncc2cc1-c1c(Cl)cccc1Cl. The largest absolute Gasteiger partial charge is 0.448 e. The van der Waals surface area contributed by atoms with Crippen LogP contribution in [0, 0.1) is 0 Å². The first kappa shape index (κ1) is 25.8. The van der Waals surface area contributed by atoms with Crippen molar-refractivity contribution in [3.63, 3.8) is 0 Å². The number of benzene rings is 2. The second-order valence-electron chi connectivity index (χ2n) is 9.55. The first-order valence-electron chi connectivity index (χ1n) is 11.7. The smallest absolute Gasteiger partial charge is 0.320 e. The van der Waals surface area contributed by atoms with Crippen LogP contribution < -0.4 is 25.4 Å². The van der Waals surface area contributed by atoms with Crippen molar-refractivity contribution < 1.29 is 19.4 Å². The van der Waals surface area contributed by atoms with Crippen molar-refractivity contribution in [2.24, 2.45) is 0 Å². The fraction of sp³-hybridized carbons (Fsp3) is 0.231. The zero-order valence-corrected chi connectivity index (χ0v) is 22.2. The zero-order chi connectivity index (χ0) is 27.0. The number of amides is 2. The maximum Gasteiger partial charge on any atom is 0.320 e. The molecule has 2 aromatic carbocycles. The van der Waals surface area contributed by atoms with E-state index in [4.69, 9.17) is 32.7 Å². The lowest BCUT2D eigenvalue weighted by Crippen LogP contribution is -2.43. The van der Waals surface area contributed by atoms with Crippen molar-refractivity contribution in [3.05, 3.63) is 58.7 Å². The lowest BCUT2D eigenvalue weighted by molar-refractivity contribution is -0.000776. The average molecular weight is 555 g/mol. The topological polar surface area (TPSA) is 131 Å². The van der Waals surface area contributed by atoms with Crippen LogP contribution in [0.25, 0.3) is 22.2 Å². The van der Waals surface area contributed by atoms with Gasteiger partial charge in [-0.1, -0.05) is 29.3 Å². The van der Waals surface area contributed by atoms with E-state index in [2.05, 4.69) is 30.9 Å². The number of nitrogens with zero attached hydrogens (tertiary/aromatic N) is 3. The Morgan fingerprint density at radius 1 is 1.05 bits per heavy atom. The van der Waals surface area contributed by atoms with Gasteiger partial charge in [0.2, 0.25) is 5.95 Å². The highest BCUT2D eigenvalue weighted by molar-refractivity contribution is 6.39. The third-order valence-corrected chi connectivity index (χ3v) is 6.02. The monoisotopic (exact) mass is 554 g/mol. The number of rotatable bonds is 5. The number of halogens is 2. The van der Waals surface area contributed by atoms with E-state index >= 15 is 0 Å². The maximum absolute atomic E-state index is 12.8. The third kappa shape index (κ3) is 5.52. The van der Waals surface area contributed by atoms with E-state index in [-0.39, 0.29) is 18.4 Å². The number of aliphatic hydroxyl groups excluding tert-OH is 1. The average Bonchev–Trinajstić information content (AvgIpc) is 3.25. The van der Waals surface area contributed by atoms with Gasteiger partial charge in [-0.25, -0.2) is 14.8 Å². The van der Waals surface area contributed by atoms with Crippen LogP contribution in [-0.4, -0.2) is 44.5 Å². The second-order valence-corrected chi connectivity index (χ2v) is 10.4. The van der Waals surface area contributed by atoms with E-state index in [1.54, 1.807) is 48.7 Å². The van der Waals surface area contributed by atoms with E-state index in [0.717, 1.165) is 0 Å². The van der Waals surface area contributed by atoms with Gasteiger partial charge in [0.15, 0.2) is 17.1 Å². The van der Waals surface area contributed by atoms with Crippen molar-refractivity contribution >= 4 is 57.7 Å². The number of ether oxygens (including phenoxy) is 2. The molecule has 2 amide bonds. The first-order valence-corrected chi connectivity index (χ1v) is 12.4. The molecule has 0 saturated heterocycles. The molecule has 0 spiro atoms. The Bertz CT molecular complexity index is 1520. The van der Waals surface area contributed by atoms with Crippen molar-refractivity contribution in [1.82, 2.24) is 20.3 Å². The van der Waals surface area contributed by atoms with Crippen LogP contribution in [0.1, 0.15) is 20.8 Å². The highest BCUT2D eigenvalue weighted by Crippen LogP contribution is 2.40. The number of carbonyl (C=O) groups excluding carboxylic acids is 1. The van der Waals surface area contributed by atoms with Crippen LogP contribution in [0.3, 0.4) is 0 Å². The molecule has 0 fully saturated rings. The Morgan fingerprint density at radius 2 is 1.79 bits per heavy atom. The predicted molar refractivity (Wildman–Crippen MR) is 147 cm³/mol. The molecule has 4 aromatic rings. The number of hydrogen-bond donors (Lipinski definition) is 4. The third-order valence-electron chi connectivity index (χ3n) is 5.39. The van der Waals surface area contributed by atoms with E-state index in [1.165, 1.54) is 0 Å². The summed E-state index contributed by atoms with van der Waals surface area (Å²) in [4.78, 5) is 26.3. The van der Waals surface area contributed by atoms with Gasteiger partial charge in [0.05, 0.1) is 10.0 Å². The molecule has 0 bridgehead atoms. The molecule has 10 nitrogen and oxygen atoms in total. The summed E-state index contributed by atoms with van der Waals surface area (Å²) in [6.45, 7) is 5.36. The lowest BCUT2D eigenvalue weighted by Gasteiger charge is -2.21. The van der Waals surface area contributed by atoms with Gasteiger partial charge in [-0.15, -0.1) is 0 Å². The van der Waals surface area contributed by atoms with Crippen molar-refractivity contribution in [3.8, 4) is 22.6 Å². The van der Waals surface area contributed by atoms with Gasteiger partial charge >= 0.3 is 6.03 Å². The molecule has 5 rings (SSSR count). The minimum absolute atomic E-state index is 0.233. The molecule has 2 aromatic heterocycles. The summed E-state index contributed by atoms with van der Waals surface area (Å²) in [6, 6.07) is 11.7. The van der Waals surface area contributed by atoms with Gasteiger partial charge in [0, 0.05) is 40.0 Å². The lowest BCUT2D eigenvalue weighted by atomic mass is 10.0. The number of anilines is 3. The van der Waals surface area contributed by atoms with Crippen LogP contribution in [0.4, 0.5) is 22.2 Å². The Hall–Kier alpha value is -3.86. The molecule has 3 heterocycles. The molecule has 0 aliphatic carbocycles. The van der Waals surface area contributed by atoms with E-state index in [1.807, 2.05) is 20.8 Å². The van der Waals surface area contributed by atoms with Gasteiger partial charge in [-0.3, -0.25) is 5.32 Å². The molecular formula is C26H24Cl2N6O4. The number of hydrogen-bond acceptors (Lipinski definition) is 8. The van der Waals surface area contributed by atoms with Crippen LogP contribution in [-0.2, 0) is 0 Å². The fourth-order valence-corrected chi connectivity index (χ4v) is 4.43. The molecule has 4 N–H and O–H groups in total. The van der Waals surface area contributed by atoms with Crippen LogP contribution in [0.15, 0.2) is 48.7 Å². The van der Waals surface area contributed by atoms with Crippen LogP contribution in [0.2, 0.25) is 10.0 Å². The quantitative estimate of drug-likeness (QED) is 0.245. The van der Waals surface area contributed by atoms with Gasteiger partial charge in [-0.2, -0.15) is 4.98 Å². The summed E-state index contributed by atoms with van der Waals surface area (Å²) in [7, 11) is 0. The summed E-state index contributed by atoms with van der Waals surface area (Å²) in [5.41, 5.74) is 1.56. The van der Waals surface area contributed by atoms with E-state index in [9.17, 15) is 9.90 Å². The summed E-state index contributed by atoms with van der Waals surface area (Å²) in [5, 5.41) is 19.5. The molecule has 0 radical (unpaired) electrons. The van der Waals surface area contributed by atoms with Gasteiger partial charge < -0.3 is 25.2 Å². The molecule has 196 valence electrons. The number of carbonyl (C=O) groups is 1. The highest BCUT2D eigenvalue weighted by atomic mass is 35.5. The van der Waals surface area contributed by atoms with Gasteiger partial charge in [-0.05, 0) is 51.1 Å². The number of aliphatic hydroxyl groups is 1. The predicted octanol–water partition coefficient (Wildman–Crippen LogP) is 5.75. The Morgan fingerprint density at radius 3 is 2.50 bits per heavy atom. The van der Waals surface area contributed by atoms with Crippen molar-refractivity contribution in [1.29, 1.82) is 0 Å². The molecule has 1 atom stereocenters. The summed E-state index contributed by atoms with van der Waals surface area (Å²) < 4.78 is 11.0. The van der Waals surface area contributed by atoms with Crippen LogP contribution >= 0.6 is 23.2 Å². The Labute approximate surface area is 228 Å². The second kappa shape index (κ2) is 10.1. The summed E-state index contributed by atoms with van der Waals surface area (Å²) in [5.74, 6) is 1.53. The summed E-state index contributed by atoms with van der Waals surface area (Å²) in [6.07, 6.45) is 0.878. The van der Waals surface area contributed by atoms with E-state index in [0.29, 0.717) is 49.4 Å². The Balaban J connectivity index is 1.52. The summed E-state index contributed by atoms with van der Waals surface area (Å²) >= 11 is 13.0. The molecule has 1 aliphatic rings. The van der Waals surface area contributed by atoms with Gasteiger partial charge in [0.1, 0.15) is 12.4 Å².